The van der Waals surface area contributed by atoms with Gasteiger partial charge in [0.1, 0.15) is 4.60 Å². The summed E-state index contributed by atoms with van der Waals surface area (Å²) in [5, 5.41) is 3.42. The van der Waals surface area contributed by atoms with Crippen molar-refractivity contribution in [3.05, 3.63) is 22.4 Å². The van der Waals surface area contributed by atoms with E-state index in [0.29, 0.717) is 5.41 Å². The molecule has 1 aliphatic heterocycles. The predicted molar refractivity (Wildman–Crippen MR) is 64.1 cm³/mol. The van der Waals surface area contributed by atoms with Crippen LogP contribution in [0.3, 0.4) is 0 Å². The lowest BCUT2D eigenvalue weighted by Gasteiger charge is -2.38. The Morgan fingerprint density at radius 3 is 2.80 bits per heavy atom. The van der Waals surface area contributed by atoms with Gasteiger partial charge in [-0.05, 0) is 35.0 Å². The molecule has 2 rings (SSSR count). The summed E-state index contributed by atoms with van der Waals surface area (Å²) in [4.78, 5) is 4.34. The average Bonchev–Trinajstić information content (AvgIpc) is 2.14. The van der Waals surface area contributed by atoms with E-state index in [1.807, 2.05) is 13.0 Å². The van der Waals surface area contributed by atoms with Crippen molar-refractivity contribution in [3.63, 3.8) is 0 Å². The van der Waals surface area contributed by atoms with Crippen LogP contribution in [0.25, 0.3) is 0 Å². The van der Waals surface area contributed by atoms with E-state index in [2.05, 4.69) is 39.2 Å². The largest absolute Gasteiger partial charge is 0.383 e. The zero-order chi connectivity index (χ0) is 10.9. The fourth-order valence-corrected chi connectivity index (χ4v) is 1.98. The Labute approximate surface area is 98.4 Å². The number of hydrogen-bond donors (Lipinski definition) is 1. The van der Waals surface area contributed by atoms with Crippen LogP contribution >= 0.6 is 15.9 Å². The smallest absolute Gasteiger partial charge is 0.106 e. The highest BCUT2D eigenvalue weighted by molar-refractivity contribution is 9.10. The summed E-state index contributed by atoms with van der Waals surface area (Å²) < 4.78 is 6.09. The maximum atomic E-state index is 5.21. The molecule has 3 nitrogen and oxygen atoms in total. The van der Waals surface area contributed by atoms with Gasteiger partial charge in [-0.1, -0.05) is 6.92 Å². The molecule has 4 heteroatoms. The van der Waals surface area contributed by atoms with Gasteiger partial charge in [0.15, 0.2) is 0 Å². The molecule has 15 heavy (non-hydrogen) atoms. The molecule has 0 bridgehead atoms. The van der Waals surface area contributed by atoms with Gasteiger partial charge in [0.05, 0.1) is 24.6 Å². The van der Waals surface area contributed by atoms with E-state index in [-0.39, 0.29) is 0 Å². The van der Waals surface area contributed by atoms with Crippen LogP contribution in [-0.2, 0) is 4.74 Å². The number of halogens is 1. The number of pyridine rings is 1. The van der Waals surface area contributed by atoms with Gasteiger partial charge in [0, 0.05) is 12.0 Å². The van der Waals surface area contributed by atoms with Crippen LogP contribution in [-0.4, -0.2) is 24.7 Å². The molecule has 0 saturated carbocycles. The molecule has 1 aliphatic rings. The van der Waals surface area contributed by atoms with Crippen LogP contribution in [0.5, 0.6) is 0 Å². The Bertz CT molecular complexity index is 364. The number of nitrogens with one attached hydrogen (secondary N) is 1. The zero-order valence-corrected chi connectivity index (χ0v) is 10.6. The van der Waals surface area contributed by atoms with Gasteiger partial charge in [0.25, 0.3) is 0 Å². The minimum atomic E-state index is 0.291. The van der Waals surface area contributed by atoms with Crippen LogP contribution in [0, 0.1) is 12.3 Å². The minimum Gasteiger partial charge on any atom is -0.383 e. The van der Waals surface area contributed by atoms with Gasteiger partial charge in [-0.3, -0.25) is 0 Å². The van der Waals surface area contributed by atoms with Gasteiger partial charge < -0.3 is 10.1 Å². The van der Waals surface area contributed by atoms with Crippen LogP contribution < -0.4 is 5.32 Å². The number of hydrogen-bond acceptors (Lipinski definition) is 3. The molecule has 0 spiro atoms. The molecule has 1 fully saturated rings. The van der Waals surface area contributed by atoms with E-state index in [0.717, 1.165) is 35.7 Å². The summed E-state index contributed by atoms with van der Waals surface area (Å²) >= 11 is 3.35. The minimum absolute atomic E-state index is 0.291. The molecule has 0 atom stereocenters. The first-order valence-electron chi connectivity index (χ1n) is 5.04. The van der Waals surface area contributed by atoms with Crippen molar-refractivity contribution in [2.45, 2.75) is 13.8 Å². The number of nitrogens with zero attached hydrogens (tertiary/aromatic N) is 1. The van der Waals surface area contributed by atoms with Crippen molar-refractivity contribution < 1.29 is 4.74 Å². The lowest BCUT2D eigenvalue weighted by atomic mass is 9.88. The van der Waals surface area contributed by atoms with E-state index in [4.69, 9.17) is 4.74 Å². The Morgan fingerprint density at radius 1 is 1.53 bits per heavy atom. The van der Waals surface area contributed by atoms with Crippen LogP contribution in [0.2, 0.25) is 0 Å². The molecule has 0 radical (unpaired) electrons. The van der Waals surface area contributed by atoms with Crippen LogP contribution in [0.15, 0.2) is 16.7 Å². The average molecular weight is 271 g/mol. The molecule has 0 aliphatic carbocycles. The first kappa shape index (κ1) is 10.9. The number of rotatable bonds is 3. The van der Waals surface area contributed by atoms with Gasteiger partial charge >= 0.3 is 0 Å². The molecule has 1 aromatic heterocycles. The first-order valence-corrected chi connectivity index (χ1v) is 5.83. The van der Waals surface area contributed by atoms with E-state index >= 15 is 0 Å². The fraction of sp³-hybridized carbons (Fsp3) is 0.545. The third-order valence-electron chi connectivity index (χ3n) is 2.66. The van der Waals surface area contributed by atoms with E-state index in [1.165, 1.54) is 0 Å². The van der Waals surface area contributed by atoms with E-state index < -0.39 is 0 Å². The molecule has 2 heterocycles. The van der Waals surface area contributed by atoms with Gasteiger partial charge in [-0.15, -0.1) is 0 Å². The van der Waals surface area contributed by atoms with E-state index in [9.17, 15) is 0 Å². The molecular formula is C11H15BrN2O. The molecule has 0 unspecified atom stereocenters. The highest BCUT2D eigenvalue weighted by Crippen LogP contribution is 2.27. The summed E-state index contributed by atoms with van der Waals surface area (Å²) in [6.07, 6.45) is 0. The van der Waals surface area contributed by atoms with Gasteiger partial charge in [0.2, 0.25) is 0 Å². The van der Waals surface area contributed by atoms with Gasteiger partial charge in [-0.2, -0.15) is 0 Å². The number of aromatic nitrogens is 1. The number of anilines is 1. The second-order valence-electron chi connectivity index (χ2n) is 4.42. The van der Waals surface area contributed by atoms with Crippen molar-refractivity contribution in [1.82, 2.24) is 4.98 Å². The lowest BCUT2D eigenvalue weighted by molar-refractivity contribution is -0.0924. The third-order valence-corrected chi connectivity index (χ3v) is 3.10. The standard InChI is InChI=1S/C11H15BrN2O/c1-8-9(3-4-10(12)14-8)13-5-11(2)6-15-7-11/h3-4,13H,5-7H2,1-2H3. The topological polar surface area (TPSA) is 34.2 Å². The summed E-state index contributed by atoms with van der Waals surface area (Å²) in [5.41, 5.74) is 2.42. The molecule has 1 saturated heterocycles. The number of aryl methyl sites for hydroxylation is 1. The van der Waals surface area contributed by atoms with Crippen molar-refractivity contribution in [2.24, 2.45) is 5.41 Å². The fourth-order valence-electron chi connectivity index (χ4n) is 1.58. The SMILES string of the molecule is Cc1nc(Br)ccc1NCC1(C)COC1. The summed E-state index contributed by atoms with van der Waals surface area (Å²) in [6.45, 7) is 6.88. The highest BCUT2D eigenvalue weighted by Gasteiger charge is 2.33. The van der Waals surface area contributed by atoms with Crippen LogP contribution in [0.4, 0.5) is 5.69 Å². The molecule has 1 N–H and O–H groups in total. The van der Waals surface area contributed by atoms with Crippen molar-refractivity contribution in [3.8, 4) is 0 Å². The Balaban J connectivity index is 1.98. The third kappa shape index (κ3) is 2.49. The van der Waals surface area contributed by atoms with Gasteiger partial charge in [-0.25, -0.2) is 4.98 Å². The molecule has 0 aromatic carbocycles. The number of ether oxygens (including phenoxy) is 1. The normalized spacial score (nSPS) is 18.3. The van der Waals surface area contributed by atoms with E-state index in [1.54, 1.807) is 0 Å². The summed E-state index contributed by atoms with van der Waals surface area (Å²) in [6, 6.07) is 4.00. The molecule has 82 valence electrons. The molecule has 0 amide bonds. The maximum Gasteiger partial charge on any atom is 0.106 e. The highest BCUT2D eigenvalue weighted by atomic mass is 79.9. The van der Waals surface area contributed by atoms with Crippen molar-refractivity contribution in [2.75, 3.05) is 25.1 Å². The molecular weight excluding hydrogens is 256 g/mol. The lowest BCUT2D eigenvalue weighted by Crippen LogP contribution is -2.45. The van der Waals surface area contributed by atoms with Crippen LogP contribution in [0.1, 0.15) is 12.6 Å². The molecule has 1 aromatic rings. The first-order chi connectivity index (χ1) is 7.09. The Kier molecular flexibility index (Phi) is 2.98. The summed E-state index contributed by atoms with van der Waals surface area (Å²) in [5.74, 6) is 0. The second kappa shape index (κ2) is 4.10. The quantitative estimate of drug-likeness (QED) is 0.858. The maximum absolute atomic E-state index is 5.21. The monoisotopic (exact) mass is 270 g/mol. The Morgan fingerprint density at radius 2 is 2.27 bits per heavy atom. The predicted octanol–water partition coefficient (Wildman–Crippen LogP) is 2.60. The Hall–Kier alpha value is -0.610. The summed E-state index contributed by atoms with van der Waals surface area (Å²) in [7, 11) is 0. The second-order valence-corrected chi connectivity index (χ2v) is 5.24. The van der Waals surface area contributed by atoms with Crippen molar-refractivity contribution in [1.29, 1.82) is 0 Å². The van der Waals surface area contributed by atoms with Crippen molar-refractivity contribution >= 4 is 21.6 Å². The zero-order valence-electron chi connectivity index (χ0n) is 9.01.